The number of nitrogens with zero attached hydrogens (tertiary/aromatic N) is 1. The van der Waals surface area contributed by atoms with Gasteiger partial charge in [0.15, 0.2) is 29.9 Å². The lowest BCUT2D eigenvalue weighted by atomic mass is 9.74. The Morgan fingerprint density at radius 2 is 1.72 bits per heavy atom. The first-order valence-corrected chi connectivity index (χ1v) is 14.2. The summed E-state index contributed by atoms with van der Waals surface area (Å²) in [7, 11) is 1.28. The van der Waals surface area contributed by atoms with Crippen LogP contribution < -0.4 is 4.74 Å². The zero-order chi connectivity index (χ0) is 30.6. The fraction of sp³-hybridized carbons (Fsp3) is 0.406. The van der Waals surface area contributed by atoms with Crippen LogP contribution >= 0.6 is 0 Å². The molecule has 0 spiro atoms. The van der Waals surface area contributed by atoms with Crippen molar-refractivity contribution in [3.05, 3.63) is 53.1 Å². The van der Waals surface area contributed by atoms with Crippen molar-refractivity contribution in [2.45, 2.75) is 64.1 Å². The molecule has 11 heteroatoms. The van der Waals surface area contributed by atoms with E-state index in [9.17, 15) is 24.0 Å². The van der Waals surface area contributed by atoms with Gasteiger partial charge in [0.05, 0.1) is 19.2 Å². The average Bonchev–Trinajstić information content (AvgIpc) is 3.36. The van der Waals surface area contributed by atoms with Gasteiger partial charge in [-0.05, 0) is 55.2 Å². The molecule has 6 rings (SSSR count). The monoisotopic (exact) mass is 589 g/mol. The minimum Gasteiger partial charge on any atom is -0.465 e. The lowest BCUT2D eigenvalue weighted by Crippen LogP contribution is -2.53. The topological polar surface area (TPSA) is 135 Å². The molecule has 2 fully saturated rings. The van der Waals surface area contributed by atoms with Crippen molar-refractivity contribution in [2.75, 3.05) is 20.2 Å². The highest BCUT2D eigenvalue weighted by Gasteiger charge is 2.54. The van der Waals surface area contributed by atoms with Crippen LogP contribution in [0.4, 0.5) is 0 Å². The molecule has 0 aromatic heterocycles. The van der Waals surface area contributed by atoms with Crippen molar-refractivity contribution in [3.63, 3.8) is 0 Å². The summed E-state index contributed by atoms with van der Waals surface area (Å²) in [6.07, 6.45) is -3.28. The van der Waals surface area contributed by atoms with Crippen LogP contribution in [0, 0.1) is 0 Å². The number of fused-ring (bicyclic) bond motifs is 5. The predicted molar refractivity (Wildman–Crippen MR) is 151 cm³/mol. The van der Waals surface area contributed by atoms with Gasteiger partial charge in [-0.15, -0.1) is 0 Å². The smallest absolute Gasteiger partial charge is 0.339 e. The van der Waals surface area contributed by atoms with Gasteiger partial charge in [-0.3, -0.25) is 14.4 Å². The third-order valence-electron chi connectivity index (χ3n) is 8.56. The Morgan fingerprint density at radius 1 is 1.02 bits per heavy atom. The number of ketones is 1. The molecular formula is C32H31NO10. The average molecular weight is 590 g/mol. The zero-order valence-corrected chi connectivity index (χ0v) is 24.3. The number of methoxy groups -OCH3 is 1. The first-order chi connectivity index (χ1) is 20.6. The molecule has 3 aliphatic rings. The molecule has 224 valence electrons. The summed E-state index contributed by atoms with van der Waals surface area (Å²) in [6, 6.07) is 11.2. The van der Waals surface area contributed by atoms with Crippen LogP contribution in [0.1, 0.15) is 48.7 Å². The van der Waals surface area contributed by atoms with Gasteiger partial charge in [-0.25, -0.2) is 9.59 Å². The van der Waals surface area contributed by atoms with E-state index in [4.69, 9.17) is 23.7 Å². The fourth-order valence-corrected chi connectivity index (χ4v) is 6.41. The lowest BCUT2D eigenvalue weighted by Gasteiger charge is -2.38. The molecule has 2 aliphatic heterocycles. The second kappa shape index (κ2) is 10.7. The number of benzene rings is 3. The van der Waals surface area contributed by atoms with E-state index in [2.05, 4.69) is 0 Å². The van der Waals surface area contributed by atoms with Gasteiger partial charge in [0.2, 0.25) is 0 Å². The minimum atomic E-state index is -1.68. The SMILES string of the molecule is CCN1C[C@@H]2O[C@@H](C(=O)O[C@]3(C(C)=O)CCc4c(c(OC(C)=O)c5cc6ccccc6cc5c4C(=O)OC)C3)[C@@H](O2)C1=O. The van der Waals surface area contributed by atoms with E-state index in [1.54, 1.807) is 0 Å². The summed E-state index contributed by atoms with van der Waals surface area (Å²) in [5, 5.41) is 2.73. The van der Waals surface area contributed by atoms with Gasteiger partial charge in [0.25, 0.3) is 5.91 Å². The van der Waals surface area contributed by atoms with Crippen LogP contribution in [0.2, 0.25) is 0 Å². The van der Waals surface area contributed by atoms with Crippen LogP contribution in [-0.4, -0.2) is 78.8 Å². The third kappa shape index (κ3) is 4.72. The number of Topliss-reactive ketones (excluding diaryl/α,β-unsaturated/α-hetero) is 1. The second-order valence-electron chi connectivity index (χ2n) is 11.1. The molecule has 11 nitrogen and oxygen atoms in total. The number of ether oxygens (including phenoxy) is 5. The van der Waals surface area contributed by atoms with E-state index in [1.807, 2.05) is 43.3 Å². The Kier molecular flexibility index (Phi) is 7.18. The minimum absolute atomic E-state index is 0.0420. The third-order valence-corrected chi connectivity index (χ3v) is 8.56. The molecular weight excluding hydrogens is 558 g/mol. The standard InChI is InChI=1S/C32H31NO10/c1-5-33-15-24-41-27(29(33)36)28(42-24)31(38)43-32(16(2)34)11-10-20-23(14-32)26(40-17(3)35)22-13-19-9-7-6-8-18(19)12-21(22)25(20)30(37)39-4/h6-9,12-13,24,27-28H,5,10-11,14-15H2,1-4H3/t24-,27+,28+,32+/m0/s1. The van der Waals surface area contributed by atoms with Gasteiger partial charge >= 0.3 is 17.9 Å². The summed E-state index contributed by atoms with van der Waals surface area (Å²) in [4.78, 5) is 66.9. The molecule has 2 bridgehead atoms. The van der Waals surface area contributed by atoms with Crippen molar-refractivity contribution in [3.8, 4) is 5.75 Å². The Hall–Kier alpha value is -4.35. The van der Waals surface area contributed by atoms with Gasteiger partial charge in [-0.1, -0.05) is 24.3 Å². The number of hydrogen-bond acceptors (Lipinski definition) is 10. The number of amides is 1. The van der Waals surface area contributed by atoms with Crippen LogP contribution in [0.25, 0.3) is 21.5 Å². The molecule has 1 amide bonds. The summed E-state index contributed by atoms with van der Waals surface area (Å²) in [5.74, 6) is -2.72. The Morgan fingerprint density at radius 3 is 2.35 bits per heavy atom. The Bertz CT molecular complexity index is 1710. The molecule has 3 aromatic rings. The molecule has 0 N–H and O–H groups in total. The lowest BCUT2D eigenvalue weighted by molar-refractivity contribution is -0.178. The zero-order valence-electron chi connectivity index (χ0n) is 24.3. The number of hydrogen-bond donors (Lipinski definition) is 0. The molecule has 4 atom stereocenters. The highest BCUT2D eigenvalue weighted by Crippen LogP contribution is 2.46. The molecule has 0 unspecified atom stereocenters. The number of rotatable bonds is 6. The second-order valence-corrected chi connectivity index (χ2v) is 11.1. The summed E-state index contributed by atoms with van der Waals surface area (Å²) in [5.41, 5.74) is -0.443. The first-order valence-electron chi connectivity index (χ1n) is 14.2. The van der Waals surface area contributed by atoms with E-state index in [0.29, 0.717) is 34.0 Å². The van der Waals surface area contributed by atoms with Crippen molar-refractivity contribution in [2.24, 2.45) is 0 Å². The normalized spacial score (nSPS) is 24.5. The molecule has 2 heterocycles. The summed E-state index contributed by atoms with van der Waals surface area (Å²) in [6.45, 7) is 5.01. The summed E-state index contributed by atoms with van der Waals surface area (Å²) >= 11 is 0. The number of likely N-dealkylation sites (N-methyl/N-ethyl adjacent to an activating group) is 1. The maximum Gasteiger partial charge on any atom is 0.339 e. The molecule has 3 aromatic carbocycles. The molecule has 2 saturated heterocycles. The highest BCUT2D eigenvalue weighted by atomic mass is 16.7. The van der Waals surface area contributed by atoms with Gasteiger partial charge in [0, 0.05) is 36.2 Å². The van der Waals surface area contributed by atoms with Crippen LogP contribution in [0.15, 0.2) is 36.4 Å². The number of carbonyl (C=O) groups is 5. The van der Waals surface area contributed by atoms with Gasteiger partial charge in [0.1, 0.15) is 5.75 Å². The van der Waals surface area contributed by atoms with E-state index < -0.39 is 47.8 Å². The Balaban J connectivity index is 1.47. The highest BCUT2D eigenvalue weighted by molar-refractivity contribution is 6.13. The quantitative estimate of drug-likeness (QED) is 0.240. The largest absolute Gasteiger partial charge is 0.465 e. The number of morpholine rings is 1. The van der Waals surface area contributed by atoms with Crippen molar-refractivity contribution in [1.29, 1.82) is 0 Å². The maximum atomic E-state index is 13.6. The predicted octanol–water partition coefficient (Wildman–Crippen LogP) is 3.04. The van der Waals surface area contributed by atoms with Crippen molar-refractivity contribution >= 4 is 51.1 Å². The first kappa shape index (κ1) is 28.8. The van der Waals surface area contributed by atoms with E-state index in [-0.39, 0.29) is 37.5 Å². The van der Waals surface area contributed by atoms with Gasteiger partial charge in [-0.2, -0.15) is 0 Å². The van der Waals surface area contributed by atoms with Crippen molar-refractivity contribution < 1.29 is 47.7 Å². The Labute approximate surface area is 246 Å². The van der Waals surface area contributed by atoms with E-state index >= 15 is 0 Å². The molecule has 0 radical (unpaired) electrons. The molecule has 43 heavy (non-hydrogen) atoms. The molecule has 0 saturated carbocycles. The molecule has 1 aliphatic carbocycles. The van der Waals surface area contributed by atoms with Crippen LogP contribution in [0.3, 0.4) is 0 Å². The number of carbonyl (C=O) groups excluding carboxylic acids is 5. The fourth-order valence-electron chi connectivity index (χ4n) is 6.41. The van der Waals surface area contributed by atoms with Crippen LogP contribution in [0.5, 0.6) is 5.75 Å². The number of esters is 3. The van der Waals surface area contributed by atoms with E-state index in [0.717, 1.165) is 10.8 Å². The van der Waals surface area contributed by atoms with Crippen LogP contribution in [-0.2, 0) is 51.0 Å². The summed E-state index contributed by atoms with van der Waals surface area (Å²) < 4.78 is 28.2. The van der Waals surface area contributed by atoms with E-state index in [1.165, 1.54) is 25.9 Å². The maximum absolute atomic E-state index is 13.6. The van der Waals surface area contributed by atoms with Crippen molar-refractivity contribution in [1.82, 2.24) is 4.90 Å². The van der Waals surface area contributed by atoms with Gasteiger partial charge < -0.3 is 28.6 Å².